The van der Waals surface area contributed by atoms with E-state index in [1.165, 1.54) is 0 Å². The standard InChI is InChI=1S/C18H23N3O4/c1-4-12-10-17(25-20-12)15-6-5-9-21(15)18(22)19-14-11-13(23-2)7-8-16(14)24-3/h7-8,10-11,15H,4-6,9H2,1-3H3,(H,19,22)/t15-/m0/s1. The highest BCUT2D eigenvalue weighted by atomic mass is 16.5. The van der Waals surface area contributed by atoms with E-state index < -0.39 is 0 Å². The molecule has 0 saturated carbocycles. The number of carbonyl (C=O) groups is 1. The van der Waals surface area contributed by atoms with E-state index in [0.717, 1.165) is 30.7 Å². The summed E-state index contributed by atoms with van der Waals surface area (Å²) < 4.78 is 16.0. The zero-order valence-corrected chi connectivity index (χ0v) is 14.7. The molecule has 1 fully saturated rings. The number of rotatable bonds is 5. The largest absolute Gasteiger partial charge is 0.497 e. The molecule has 3 rings (SSSR count). The van der Waals surface area contributed by atoms with Gasteiger partial charge in [-0.15, -0.1) is 0 Å². The molecule has 1 aromatic carbocycles. The summed E-state index contributed by atoms with van der Waals surface area (Å²) in [5, 5.41) is 6.96. The van der Waals surface area contributed by atoms with E-state index in [1.807, 2.05) is 13.0 Å². The first-order valence-electron chi connectivity index (χ1n) is 8.41. The summed E-state index contributed by atoms with van der Waals surface area (Å²) in [4.78, 5) is 14.6. The summed E-state index contributed by atoms with van der Waals surface area (Å²) in [7, 11) is 3.15. The van der Waals surface area contributed by atoms with Gasteiger partial charge in [0.2, 0.25) is 0 Å². The third kappa shape index (κ3) is 3.55. The fraction of sp³-hybridized carbons (Fsp3) is 0.444. The van der Waals surface area contributed by atoms with E-state index in [2.05, 4.69) is 10.5 Å². The molecule has 25 heavy (non-hydrogen) atoms. The molecular weight excluding hydrogens is 322 g/mol. The molecule has 7 heteroatoms. The molecular formula is C18H23N3O4. The molecule has 1 aliphatic rings. The van der Waals surface area contributed by atoms with E-state index in [0.29, 0.717) is 23.7 Å². The first-order valence-corrected chi connectivity index (χ1v) is 8.41. The number of aromatic nitrogens is 1. The van der Waals surface area contributed by atoms with Crippen LogP contribution in [-0.4, -0.2) is 36.9 Å². The minimum absolute atomic E-state index is 0.0931. The van der Waals surface area contributed by atoms with Gasteiger partial charge in [0.1, 0.15) is 11.5 Å². The zero-order valence-electron chi connectivity index (χ0n) is 14.7. The molecule has 2 heterocycles. The van der Waals surface area contributed by atoms with Crippen molar-refractivity contribution in [3.8, 4) is 11.5 Å². The quantitative estimate of drug-likeness (QED) is 0.895. The Labute approximate surface area is 146 Å². The third-order valence-corrected chi connectivity index (χ3v) is 4.43. The number of ether oxygens (including phenoxy) is 2. The van der Waals surface area contributed by atoms with Crippen LogP contribution in [0, 0.1) is 0 Å². The lowest BCUT2D eigenvalue weighted by atomic mass is 10.1. The summed E-state index contributed by atoms with van der Waals surface area (Å²) in [6.45, 7) is 2.70. The lowest BCUT2D eigenvalue weighted by molar-refractivity contribution is 0.195. The number of amides is 2. The predicted molar refractivity (Wildman–Crippen MR) is 93.1 cm³/mol. The fourth-order valence-corrected chi connectivity index (χ4v) is 3.06. The van der Waals surface area contributed by atoms with Crippen molar-refractivity contribution in [1.82, 2.24) is 10.1 Å². The molecule has 0 bridgehead atoms. The number of urea groups is 1. The van der Waals surface area contributed by atoms with Crippen LogP contribution in [0.4, 0.5) is 10.5 Å². The maximum atomic E-state index is 12.8. The molecule has 134 valence electrons. The van der Waals surface area contributed by atoms with Gasteiger partial charge in [0.15, 0.2) is 5.76 Å². The number of carbonyl (C=O) groups excluding carboxylic acids is 1. The van der Waals surface area contributed by atoms with E-state index >= 15 is 0 Å². The molecule has 0 radical (unpaired) electrons. The van der Waals surface area contributed by atoms with Crippen molar-refractivity contribution in [2.75, 3.05) is 26.1 Å². The van der Waals surface area contributed by atoms with Gasteiger partial charge in [0.05, 0.1) is 31.6 Å². The van der Waals surface area contributed by atoms with Crippen molar-refractivity contribution < 1.29 is 18.8 Å². The fourth-order valence-electron chi connectivity index (χ4n) is 3.06. The first-order chi connectivity index (χ1) is 12.2. The highest BCUT2D eigenvalue weighted by Crippen LogP contribution is 2.34. The topological polar surface area (TPSA) is 76.8 Å². The van der Waals surface area contributed by atoms with Crippen LogP contribution in [0.25, 0.3) is 0 Å². The molecule has 7 nitrogen and oxygen atoms in total. The molecule has 2 aromatic rings. The van der Waals surface area contributed by atoms with E-state index in [1.54, 1.807) is 37.3 Å². The van der Waals surface area contributed by atoms with Gasteiger partial charge >= 0.3 is 6.03 Å². The number of nitrogens with one attached hydrogen (secondary N) is 1. The molecule has 1 atom stereocenters. The molecule has 0 unspecified atom stereocenters. The minimum atomic E-state index is -0.191. The van der Waals surface area contributed by atoms with Crippen LogP contribution in [0.1, 0.15) is 37.3 Å². The van der Waals surface area contributed by atoms with Gasteiger partial charge in [-0.25, -0.2) is 4.79 Å². The second-order valence-corrected chi connectivity index (χ2v) is 5.92. The molecule has 0 spiro atoms. The summed E-state index contributed by atoms with van der Waals surface area (Å²) in [5.41, 5.74) is 1.47. The average Bonchev–Trinajstić information content (AvgIpc) is 3.30. The molecule has 1 saturated heterocycles. The van der Waals surface area contributed by atoms with Gasteiger partial charge in [0, 0.05) is 18.7 Å². The number of hydrogen-bond acceptors (Lipinski definition) is 5. The number of anilines is 1. The van der Waals surface area contributed by atoms with Crippen LogP contribution >= 0.6 is 0 Å². The van der Waals surface area contributed by atoms with E-state index in [4.69, 9.17) is 14.0 Å². The lowest BCUT2D eigenvalue weighted by Gasteiger charge is -2.23. The highest BCUT2D eigenvalue weighted by molar-refractivity contribution is 5.91. The van der Waals surface area contributed by atoms with Crippen LogP contribution in [0.3, 0.4) is 0 Å². The van der Waals surface area contributed by atoms with Crippen molar-refractivity contribution in [2.24, 2.45) is 0 Å². The van der Waals surface area contributed by atoms with Crippen molar-refractivity contribution in [1.29, 1.82) is 0 Å². The Morgan fingerprint density at radius 1 is 1.36 bits per heavy atom. The summed E-state index contributed by atoms with van der Waals surface area (Å²) in [6.07, 6.45) is 2.60. The minimum Gasteiger partial charge on any atom is -0.497 e. The SMILES string of the molecule is CCc1cc([C@@H]2CCCN2C(=O)Nc2cc(OC)ccc2OC)on1. The maximum absolute atomic E-state index is 12.8. The summed E-state index contributed by atoms with van der Waals surface area (Å²) >= 11 is 0. The van der Waals surface area contributed by atoms with Crippen LogP contribution in [-0.2, 0) is 6.42 Å². The summed E-state index contributed by atoms with van der Waals surface area (Å²) in [5.74, 6) is 1.97. The smallest absolute Gasteiger partial charge is 0.322 e. The van der Waals surface area contributed by atoms with Gasteiger partial charge in [-0.3, -0.25) is 0 Å². The molecule has 1 N–H and O–H groups in total. The monoisotopic (exact) mass is 345 g/mol. The van der Waals surface area contributed by atoms with Crippen LogP contribution in [0.15, 0.2) is 28.8 Å². The predicted octanol–water partition coefficient (Wildman–Crippen LogP) is 3.62. The third-order valence-electron chi connectivity index (χ3n) is 4.43. The zero-order chi connectivity index (χ0) is 17.8. The first kappa shape index (κ1) is 17.1. The van der Waals surface area contributed by atoms with E-state index in [9.17, 15) is 4.79 Å². The molecule has 1 aromatic heterocycles. The van der Waals surface area contributed by atoms with Crippen LogP contribution in [0.2, 0.25) is 0 Å². The van der Waals surface area contributed by atoms with Crippen molar-refractivity contribution in [2.45, 2.75) is 32.2 Å². The van der Waals surface area contributed by atoms with Crippen LogP contribution in [0.5, 0.6) is 11.5 Å². The second-order valence-electron chi connectivity index (χ2n) is 5.92. The Morgan fingerprint density at radius 2 is 2.20 bits per heavy atom. The van der Waals surface area contributed by atoms with Crippen LogP contribution < -0.4 is 14.8 Å². The normalized spacial score (nSPS) is 16.8. The Bertz CT molecular complexity index is 744. The summed E-state index contributed by atoms with van der Waals surface area (Å²) in [6, 6.07) is 6.94. The molecule has 2 amide bonds. The van der Waals surface area contributed by atoms with Crippen molar-refractivity contribution >= 4 is 11.7 Å². The van der Waals surface area contributed by atoms with Gasteiger partial charge in [-0.05, 0) is 31.4 Å². The molecule has 1 aliphatic heterocycles. The maximum Gasteiger partial charge on any atom is 0.322 e. The number of hydrogen-bond donors (Lipinski definition) is 1. The number of benzene rings is 1. The number of methoxy groups -OCH3 is 2. The average molecular weight is 345 g/mol. The highest BCUT2D eigenvalue weighted by Gasteiger charge is 2.33. The number of aryl methyl sites for hydroxylation is 1. The Balaban J connectivity index is 1.78. The van der Waals surface area contributed by atoms with Gasteiger partial charge < -0.3 is 24.2 Å². The van der Waals surface area contributed by atoms with Crippen molar-refractivity contribution in [3.05, 3.63) is 35.7 Å². The van der Waals surface area contributed by atoms with Gasteiger partial charge in [-0.2, -0.15) is 0 Å². The Hall–Kier alpha value is -2.70. The number of likely N-dealkylation sites (tertiary alicyclic amines) is 1. The number of nitrogens with zero attached hydrogens (tertiary/aromatic N) is 2. The van der Waals surface area contributed by atoms with E-state index in [-0.39, 0.29) is 12.1 Å². The van der Waals surface area contributed by atoms with Gasteiger partial charge in [-0.1, -0.05) is 12.1 Å². The lowest BCUT2D eigenvalue weighted by Crippen LogP contribution is -2.34. The second kappa shape index (κ2) is 7.46. The van der Waals surface area contributed by atoms with Crippen molar-refractivity contribution in [3.63, 3.8) is 0 Å². The Kier molecular flexibility index (Phi) is 5.11. The Morgan fingerprint density at radius 3 is 2.88 bits per heavy atom. The molecule has 0 aliphatic carbocycles. The van der Waals surface area contributed by atoms with Gasteiger partial charge in [0.25, 0.3) is 0 Å².